The first-order chi connectivity index (χ1) is 11.5. The smallest absolute Gasteiger partial charge is 0.326 e. The van der Waals surface area contributed by atoms with Crippen LogP contribution in [0.1, 0.15) is 24.0 Å². The average Bonchev–Trinajstić information content (AvgIpc) is 3.19. The van der Waals surface area contributed by atoms with Crippen LogP contribution >= 0.6 is 0 Å². The highest BCUT2D eigenvalue weighted by Gasteiger charge is 2.32. The lowest BCUT2D eigenvalue weighted by Gasteiger charge is -2.10. The van der Waals surface area contributed by atoms with Crippen LogP contribution in [0.25, 0.3) is 11.8 Å². The molecule has 122 valence electrons. The molecule has 24 heavy (non-hydrogen) atoms. The molecule has 0 N–H and O–H groups in total. The first kappa shape index (κ1) is 15.5. The van der Waals surface area contributed by atoms with Crippen LogP contribution < -0.4 is 0 Å². The van der Waals surface area contributed by atoms with Crippen molar-refractivity contribution in [1.29, 1.82) is 0 Å². The molecule has 0 atom stereocenters. The Labute approximate surface area is 136 Å². The van der Waals surface area contributed by atoms with Crippen molar-refractivity contribution in [1.82, 2.24) is 25.3 Å². The van der Waals surface area contributed by atoms with E-state index >= 15 is 0 Å². The molecular formula is C15H13N5O4. The van der Waals surface area contributed by atoms with Crippen LogP contribution in [0.3, 0.4) is 0 Å². The van der Waals surface area contributed by atoms with Crippen LogP contribution in [-0.2, 0) is 19.2 Å². The van der Waals surface area contributed by atoms with Gasteiger partial charge in [-0.05, 0) is 35.6 Å². The molecule has 1 aromatic heterocycles. The quantitative estimate of drug-likeness (QED) is 0.597. The highest BCUT2D eigenvalue weighted by molar-refractivity contribution is 6.02. The number of nitrogens with zero attached hydrogens (tertiary/aromatic N) is 5. The second-order valence-electron chi connectivity index (χ2n) is 5.14. The van der Waals surface area contributed by atoms with Crippen molar-refractivity contribution >= 4 is 23.9 Å². The lowest BCUT2D eigenvalue weighted by Crippen LogP contribution is -2.31. The Bertz CT molecular complexity index is 812. The van der Waals surface area contributed by atoms with Gasteiger partial charge >= 0.3 is 5.97 Å². The normalized spacial score (nSPS) is 14.6. The third kappa shape index (κ3) is 3.19. The fourth-order valence-electron chi connectivity index (χ4n) is 2.22. The molecule has 0 aliphatic carbocycles. The maximum atomic E-state index is 11.8. The van der Waals surface area contributed by atoms with Gasteiger partial charge in [0.25, 0.3) is 11.8 Å². The molecule has 3 rings (SSSR count). The topological polar surface area (TPSA) is 107 Å². The van der Waals surface area contributed by atoms with Gasteiger partial charge in [0.1, 0.15) is 6.33 Å². The van der Waals surface area contributed by atoms with Crippen LogP contribution in [-0.4, -0.2) is 43.1 Å². The van der Waals surface area contributed by atoms with Crippen molar-refractivity contribution in [2.24, 2.45) is 0 Å². The fourth-order valence-corrected chi connectivity index (χ4v) is 2.22. The molecule has 0 saturated carbocycles. The van der Waals surface area contributed by atoms with Gasteiger partial charge in [0.2, 0.25) is 0 Å². The highest BCUT2D eigenvalue weighted by atomic mass is 16.7. The number of benzene rings is 1. The van der Waals surface area contributed by atoms with Gasteiger partial charge in [0.05, 0.1) is 5.69 Å². The van der Waals surface area contributed by atoms with E-state index in [9.17, 15) is 14.4 Å². The van der Waals surface area contributed by atoms with E-state index in [4.69, 9.17) is 4.84 Å². The average molecular weight is 327 g/mol. The predicted octanol–water partition coefficient (Wildman–Crippen LogP) is 0.591. The van der Waals surface area contributed by atoms with E-state index < -0.39 is 17.8 Å². The van der Waals surface area contributed by atoms with Crippen molar-refractivity contribution in [2.75, 3.05) is 0 Å². The second kappa shape index (κ2) is 6.41. The van der Waals surface area contributed by atoms with Crippen molar-refractivity contribution in [2.45, 2.75) is 19.8 Å². The zero-order valence-electron chi connectivity index (χ0n) is 12.7. The van der Waals surface area contributed by atoms with Gasteiger partial charge in [0.15, 0.2) is 0 Å². The van der Waals surface area contributed by atoms with Crippen LogP contribution in [0, 0.1) is 6.92 Å². The first-order valence-corrected chi connectivity index (χ1v) is 7.14. The summed E-state index contributed by atoms with van der Waals surface area (Å²) < 4.78 is 1.46. The summed E-state index contributed by atoms with van der Waals surface area (Å²) in [4.78, 5) is 39.5. The van der Waals surface area contributed by atoms with Gasteiger partial charge in [-0.1, -0.05) is 11.6 Å². The second-order valence-corrected chi connectivity index (χ2v) is 5.14. The summed E-state index contributed by atoms with van der Waals surface area (Å²) in [5.41, 5.74) is 2.33. The minimum Gasteiger partial charge on any atom is -0.326 e. The summed E-state index contributed by atoms with van der Waals surface area (Å²) in [5.74, 6) is -1.86. The number of aromatic nitrogens is 4. The van der Waals surface area contributed by atoms with Gasteiger partial charge in [0, 0.05) is 24.5 Å². The number of hydroxylamine groups is 2. The molecule has 0 radical (unpaired) electrons. The summed E-state index contributed by atoms with van der Waals surface area (Å²) in [7, 11) is 0. The minimum atomic E-state index is -0.817. The molecule has 1 aliphatic heterocycles. The summed E-state index contributed by atoms with van der Waals surface area (Å²) >= 11 is 0. The van der Waals surface area contributed by atoms with E-state index in [2.05, 4.69) is 15.5 Å². The number of carbonyl (C=O) groups excluding carboxylic acids is 3. The molecular weight excluding hydrogens is 314 g/mol. The van der Waals surface area contributed by atoms with Crippen molar-refractivity contribution < 1.29 is 19.2 Å². The van der Waals surface area contributed by atoms with E-state index in [1.54, 1.807) is 0 Å². The van der Waals surface area contributed by atoms with Crippen molar-refractivity contribution in [3.63, 3.8) is 0 Å². The summed E-state index contributed by atoms with van der Waals surface area (Å²) in [6, 6.07) is 5.53. The van der Waals surface area contributed by atoms with Gasteiger partial charge in [-0.15, -0.1) is 10.2 Å². The number of amides is 2. The molecule has 2 amide bonds. The molecule has 1 saturated heterocycles. The SMILES string of the molecule is Cc1ccc(-n2cnnn2)c(C=CC(=O)ON2C(=O)CCC2=O)c1. The minimum absolute atomic E-state index is 0.0527. The first-order valence-electron chi connectivity index (χ1n) is 7.14. The standard InChI is InChI=1S/C15H13N5O4/c1-10-2-4-12(19-9-16-17-18-19)11(8-10)3-7-15(23)24-20-13(21)5-6-14(20)22/h2-4,7-9H,5-6H2,1H3. The van der Waals surface area contributed by atoms with Crippen molar-refractivity contribution in [3.8, 4) is 5.69 Å². The molecule has 1 aromatic carbocycles. The van der Waals surface area contributed by atoms with E-state index in [1.165, 1.54) is 17.1 Å². The molecule has 0 bridgehead atoms. The third-order valence-corrected chi connectivity index (χ3v) is 3.36. The van der Waals surface area contributed by atoms with Crippen molar-refractivity contribution in [3.05, 3.63) is 41.7 Å². The Morgan fingerprint density at radius 1 is 1.25 bits per heavy atom. The van der Waals surface area contributed by atoms with Crippen LogP contribution in [0.2, 0.25) is 0 Å². The zero-order chi connectivity index (χ0) is 17.1. The van der Waals surface area contributed by atoms with E-state index in [0.717, 1.165) is 11.6 Å². The number of hydrogen-bond acceptors (Lipinski definition) is 7. The lowest BCUT2D eigenvalue weighted by molar-refractivity contribution is -0.193. The Balaban J connectivity index is 1.79. The number of aryl methyl sites for hydroxylation is 1. The summed E-state index contributed by atoms with van der Waals surface area (Å²) in [5, 5.41) is 11.5. The molecule has 9 nitrogen and oxygen atoms in total. The Morgan fingerprint density at radius 2 is 2.00 bits per heavy atom. The van der Waals surface area contributed by atoms with Gasteiger partial charge in [-0.3, -0.25) is 9.59 Å². The number of tetrazole rings is 1. The molecule has 0 spiro atoms. The molecule has 1 aliphatic rings. The number of hydrogen-bond donors (Lipinski definition) is 0. The monoisotopic (exact) mass is 327 g/mol. The van der Waals surface area contributed by atoms with E-state index in [1.807, 2.05) is 25.1 Å². The molecule has 9 heteroatoms. The van der Waals surface area contributed by atoms with E-state index in [0.29, 0.717) is 16.3 Å². The number of carbonyl (C=O) groups is 3. The van der Waals surface area contributed by atoms with Crippen LogP contribution in [0.4, 0.5) is 0 Å². The molecule has 0 unspecified atom stereocenters. The van der Waals surface area contributed by atoms with Gasteiger partial charge in [-0.2, -0.15) is 4.68 Å². The predicted molar refractivity (Wildman–Crippen MR) is 80.1 cm³/mol. The van der Waals surface area contributed by atoms with Crippen LogP contribution in [0.15, 0.2) is 30.6 Å². The summed E-state index contributed by atoms with van der Waals surface area (Å²) in [6.45, 7) is 1.90. The summed E-state index contributed by atoms with van der Waals surface area (Å²) in [6.07, 6.45) is 4.19. The highest BCUT2D eigenvalue weighted by Crippen LogP contribution is 2.17. The maximum Gasteiger partial charge on any atom is 0.356 e. The number of rotatable bonds is 4. The number of imide groups is 1. The Hall–Kier alpha value is -3.36. The maximum absolute atomic E-state index is 11.8. The Morgan fingerprint density at radius 3 is 2.67 bits per heavy atom. The lowest BCUT2D eigenvalue weighted by atomic mass is 10.1. The largest absolute Gasteiger partial charge is 0.356 e. The van der Waals surface area contributed by atoms with Crippen LogP contribution in [0.5, 0.6) is 0 Å². The fraction of sp³-hybridized carbons (Fsp3) is 0.200. The zero-order valence-corrected chi connectivity index (χ0v) is 12.7. The van der Waals surface area contributed by atoms with E-state index in [-0.39, 0.29) is 12.8 Å². The third-order valence-electron chi connectivity index (χ3n) is 3.36. The van der Waals surface area contributed by atoms with Gasteiger partial charge < -0.3 is 4.84 Å². The molecule has 2 heterocycles. The Kier molecular flexibility index (Phi) is 4.15. The molecule has 2 aromatic rings. The van der Waals surface area contributed by atoms with Gasteiger partial charge in [-0.25, -0.2) is 4.79 Å². The molecule has 1 fully saturated rings.